The molecule has 3 aromatic rings. The highest BCUT2D eigenvalue weighted by Crippen LogP contribution is 2.32. The van der Waals surface area contributed by atoms with E-state index >= 15 is 0 Å². The molecule has 1 aliphatic heterocycles. The van der Waals surface area contributed by atoms with Crippen molar-refractivity contribution in [3.8, 4) is 11.3 Å². The number of nitrogens with zero attached hydrogens (tertiary/aromatic N) is 2. The number of hydrogen-bond acceptors (Lipinski definition) is 6. The Morgan fingerprint density at radius 1 is 1.07 bits per heavy atom. The summed E-state index contributed by atoms with van der Waals surface area (Å²) in [5, 5.41) is 14.6. The number of nitro groups is 1. The largest absolute Gasteiger partial charge is 0.451 e. The van der Waals surface area contributed by atoms with Crippen LogP contribution in [0.15, 0.2) is 59.0 Å². The molecule has 0 spiro atoms. The molecule has 1 aromatic heterocycles. The van der Waals surface area contributed by atoms with Gasteiger partial charge in [-0.1, -0.05) is 11.6 Å². The zero-order valence-electron chi connectivity index (χ0n) is 15.8. The molecule has 0 atom stereocenters. The summed E-state index contributed by atoms with van der Waals surface area (Å²) in [5.41, 5.74) is 1.72. The smallest absolute Gasteiger partial charge is 0.291 e. The number of carbonyl (C=O) groups excluding carboxylic acids is 1. The molecule has 2 heterocycles. The number of nitro benzene ring substituents is 1. The monoisotopic (exact) mass is 427 g/mol. The lowest BCUT2D eigenvalue weighted by molar-refractivity contribution is -0.384. The number of nitrogens with one attached hydrogen (secondary N) is 1. The first-order valence-corrected chi connectivity index (χ1v) is 9.67. The van der Waals surface area contributed by atoms with Crippen molar-refractivity contribution in [3.05, 3.63) is 75.5 Å². The van der Waals surface area contributed by atoms with Crippen molar-refractivity contribution in [1.82, 2.24) is 0 Å². The van der Waals surface area contributed by atoms with Crippen LogP contribution in [0.4, 0.5) is 17.1 Å². The number of morpholine rings is 1. The second-order valence-electron chi connectivity index (χ2n) is 6.68. The number of rotatable bonds is 5. The van der Waals surface area contributed by atoms with E-state index in [-0.39, 0.29) is 11.4 Å². The van der Waals surface area contributed by atoms with E-state index in [2.05, 4.69) is 5.32 Å². The van der Waals surface area contributed by atoms with Crippen molar-refractivity contribution < 1.29 is 18.9 Å². The second kappa shape index (κ2) is 8.56. The predicted octanol–water partition coefficient (Wildman–Crippen LogP) is 4.60. The highest BCUT2D eigenvalue weighted by Gasteiger charge is 2.21. The summed E-state index contributed by atoms with van der Waals surface area (Å²) in [4.78, 5) is 25.5. The van der Waals surface area contributed by atoms with Gasteiger partial charge in [-0.25, -0.2) is 0 Å². The Kier molecular flexibility index (Phi) is 5.69. The SMILES string of the molecule is O=C(Nc1cc([N+](=O)[O-])ccc1N1CCOCC1)c1ccc(-c2ccc(Cl)cc2)o1. The van der Waals surface area contributed by atoms with E-state index in [4.69, 9.17) is 20.8 Å². The molecule has 1 aliphatic rings. The van der Waals surface area contributed by atoms with Crippen molar-refractivity contribution in [2.24, 2.45) is 0 Å². The Hall–Kier alpha value is -3.36. The third kappa shape index (κ3) is 4.29. The Bertz CT molecular complexity index is 1070. The summed E-state index contributed by atoms with van der Waals surface area (Å²) in [5.74, 6) is 0.119. The van der Waals surface area contributed by atoms with Crippen LogP contribution < -0.4 is 10.2 Å². The van der Waals surface area contributed by atoms with E-state index in [1.807, 2.05) is 4.90 Å². The van der Waals surface area contributed by atoms with Gasteiger partial charge in [0.2, 0.25) is 0 Å². The third-order valence-electron chi connectivity index (χ3n) is 4.75. The van der Waals surface area contributed by atoms with Gasteiger partial charge in [0.05, 0.1) is 29.5 Å². The third-order valence-corrected chi connectivity index (χ3v) is 5.00. The Morgan fingerprint density at radius 3 is 2.50 bits per heavy atom. The second-order valence-corrected chi connectivity index (χ2v) is 7.12. The minimum absolute atomic E-state index is 0.0967. The molecule has 1 saturated heterocycles. The molecular formula is C21H18ClN3O5. The van der Waals surface area contributed by atoms with Crippen molar-refractivity contribution in [1.29, 1.82) is 0 Å². The molecule has 1 N–H and O–H groups in total. The fourth-order valence-electron chi connectivity index (χ4n) is 3.23. The first kappa shape index (κ1) is 19.9. The van der Waals surface area contributed by atoms with E-state index in [9.17, 15) is 14.9 Å². The molecule has 1 amide bonds. The number of non-ortho nitro benzene ring substituents is 1. The number of amides is 1. The summed E-state index contributed by atoms with van der Waals surface area (Å²) in [6.07, 6.45) is 0. The van der Waals surface area contributed by atoms with Crippen LogP contribution in [0.3, 0.4) is 0 Å². The molecular weight excluding hydrogens is 410 g/mol. The molecule has 30 heavy (non-hydrogen) atoms. The molecule has 1 fully saturated rings. The summed E-state index contributed by atoms with van der Waals surface area (Å²) in [6, 6.07) is 14.7. The lowest BCUT2D eigenvalue weighted by atomic mass is 10.2. The molecule has 9 heteroatoms. The van der Waals surface area contributed by atoms with E-state index in [0.29, 0.717) is 48.5 Å². The summed E-state index contributed by atoms with van der Waals surface area (Å²) in [7, 11) is 0. The average molecular weight is 428 g/mol. The van der Waals surface area contributed by atoms with E-state index in [0.717, 1.165) is 5.56 Å². The van der Waals surface area contributed by atoms with Crippen molar-refractivity contribution >= 4 is 34.6 Å². The van der Waals surface area contributed by atoms with E-state index in [1.54, 1.807) is 42.5 Å². The van der Waals surface area contributed by atoms with E-state index < -0.39 is 10.8 Å². The summed E-state index contributed by atoms with van der Waals surface area (Å²) >= 11 is 5.90. The van der Waals surface area contributed by atoms with E-state index in [1.165, 1.54) is 12.1 Å². The minimum Gasteiger partial charge on any atom is -0.451 e. The van der Waals surface area contributed by atoms with Gasteiger partial charge in [-0.15, -0.1) is 0 Å². The Balaban J connectivity index is 1.59. The van der Waals surface area contributed by atoms with Crippen LogP contribution in [-0.4, -0.2) is 37.1 Å². The first-order chi connectivity index (χ1) is 14.5. The lowest BCUT2D eigenvalue weighted by Crippen LogP contribution is -2.36. The summed E-state index contributed by atoms with van der Waals surface area (Å²) in [6.45, 7) is 2.35. The maximum atomic E-state index is 12.8. The molecule has 4 rings (SSSR count). The van der Waals surface area contributed by atoms with Crippen molar-refractivity contribution in [2.45, 2.75) is 0 Å². The quantitative estimate of drug-likeness (QED) is 0.472. The number of ether oxygens (including phenoxy) is 1. The number of hydrogen-bond donors (Lipinski definition) is 1. The molecule has 2 aromatic carbocycles. The number of carbonyl (C=O) groups is 1. The van der Waals surface area contributed by atoms with Gasteiger partial charge in [0, 0.05) is 35.8 Å². The predicted molar refractivity (Wildman–Crippen MR) is 113 cm³/mol. The molecule has 0 radical (unpaired) electrons. The number of anilines is 2. The average Bonchev–Trinajstić information content (AvgIpc) is 3.25. The van der Waals surface area contributed by atoms with Crippen molar-refractivity contribution in [2.75, 3.05) is 36.5 Å². The maximum Gasteiger partial charge on any atom is 0.291 e. The van der Waals surface area contributed by atoms with Gasteiger partial charge in [-0.05, 0) is 42.5 Å². The van der Waals surface area contributed by atoms with Crippen LogP contribution in [0.25, 0.3) is 11.3 Å². The molecule has 8 nitrogen and oxygen atoms in total. The standard InChI is InChI=1S/C21H18ClN3O5/c22-15-3-1-14(2-4-15)19-7-8-20(30-19)21(26)23-17-13-16(25(27)28)5-6-18(17)24-9-11-29-12-10-24/h1-8,13H,9-12H2,(H,23,26). The van der Waals surface area contributed by atoms with Crippen LogP contribution in [-0.2, 0) is 4.74 Å². The van der Waals surface area contributed by atoms with Crippen LogP contribution in [0, 0.1) is 10.1 Å². The minimum atomic E-state index is -0.496. The van der Waals surface area contributed by atoms with Gasteiger partial charge in [0.25, 0.3) is 11.6 Å². The molecule has 0 bridgehead atoms. The van der Waals surface area contributed by atoms with Crippen LogP contribution in [0.2, 0.25) is 5.02 Å². The zero-order valence-corrected chi connectivity index (χ0v) is 16.6. The first-order valence-electron chi connectivity index (χ1n) is 9.29. The molecule has 0 unspecified atom stereocenters. The Labute approximate surface area is 177 Å². The number of furan rings is 1. The number of halogens is 1. The maximum absolute atomic E-state index is 12.8. The van der Waals surface area contributed by atoms with Gasteiger partial charge >= 0.3 is 0 Å². The van der Waals surface area contributed by atoms with Gasteiger partial charge in [-0.3, -0.25) is 14.9 Å². The normalized spacial score (nSPS) is 13.8. The molecule has 0 saturated carbocycles. The topological polar surface area (TPSA) is 97.8 Å². The molecule has 0 aliphatic carbocycles. The van der Waals surface area contributed by atoms with Crippen LogP contribution >= 0.6 is 11.6 Å². The summed E-state index contributed by atoms with van der Waals surface area (Å²) < 4.78 is 11.0. The van der Waals surface area contributed by atoms with Crippen molar-refractivity contribution in [3.63, 3.8) is 0 Å². The zero-order chi connectivity index (χ0) is 21.1. The van der Waals surface area contributed by atoms with Gasteiger partial charge < -0.3 is 19.4 Å². The fourth-order valence-corrected chi connectivity index (χ4v) is 3.36. The molecule has 154 valence electrons. The van der Waals surface area contributed by atoms with Crippen LogP contribution in [0.5, 0.6) is 0 Å². The fraction of sp³-hybridized carbons (Fsp3) is 0.190. The number of benzene rings is 2. The Morgan fingerprint density at radius 2 is 1.80 bits per heavy atom. The highest BCUT2D eigenvalue weighted by molar-refractivity contribution is 6.30. The van der Waals surface area contributed by atoms with Gasteiger partial charge in [-0.2, -0.15) is 0 Å². The van der Waals surface area contributed by atoms with Gasteiger partial charge in [0.15, 0.2) is 5.76 Å². The lowest BCUT2D eigenvalue weighted by Gasteiger charge is -2.30. The van der Waals surface area contributed by atoms with Gasteiger partial charge in [0.1, 0.15) is 5.76 Å². The van der Waals surface area contributed by atoms with Crippen LogP contribution in [0.1, 0.15) is 10.6 Å². The highest BCUT2D eigenvalue weighted by atomic mass is 35.5.